The van der Waals surface area contributed by atoms with Crippen LogP contribution in [0.3, 0.4) is 0 Å². The number of fused-ring (bicyclic) bond motifs is 1. The van der Waals surface area contributed by atoms with Gasteiger partial charge >= 0.3 is 5.97 Å². The van der Waals surface area contributed by atoms with Gasteiger partial charge < -0.3 is 14.7 Å². The molecule has 0 bridgehead atoms. The quantitative estimate of drug-likeness (QED) is 0.886. The van der Waals surface area contributed by atoms with Crippen LogP contribution in [0, 0.1) is 5.92 Å². The van der Waals surface area contributed by atoms with Gasteiger partial charge in [0.05, 0.1) is 12.5 Å². The largest absolute Gasteiger partial charge is 0.493 e. The lowest BCUT2D eigenvalue weighted by Gasteiger charge is -2.28. The molecule has 4 heteroatoms. The highest BCUT2D eigenvalue weighted by Gasteiger charge is 2.28. The fourth-order valence-corrected chi connectivity index (χ4v) is 2.56. The summed E-state index contributed by atoms with van der Waals surface area (Å²) in [5.74, 6) is -0.287. The molecule has 18 heavy (non-hydrogen) atoms. The molecule has 2 atom stereocenters. The molecule has 0 spiro atoms. The molecule has 2 unspecified atom stereocenters. The van der Waals surface area contributed by atoms with Gasteiger partial charge in [0.2, 0.25) is 0 Å². The number of ether oxygens (including phenoxy) is 1. The van der Waals surface area contributed by atoms with Crippen molar-refractivity contribution in [3.05, 3.63) is 29.3 Å². The first-order valence-corrected chi connectivity index (χ1v) is 6.15. The van der Waals surface area contributed by atoms with Crippen molar-refractivity contribution in [2.24, 2.45) is 5.92 Å². The molecule has 1 N–H and O–H groups in total. The number of carbonyl (C=O) groups is 1. The topological polar surface area (TPSA) is 49.8 Å². The Morgan fingerprint density at radius 2 is 2.17 bits per heavy atom. The molecular formula is C14H19NO3. The number of carboxylic acid groups (broad SMARTS) is 1. The van der Waals surface area contributed by atoms with E-state index in [4.69, 9.17) is 4.74 Å². The number of hydrogen-bond donors (Lipinski definition) is 1. The van der Waals surface area contributed by atoms with Crippen molar-refractivity contribution < 1.29 is 14.6 Å². The van der Waals surface area contributed by atoms with Gasteiger partial charge in [-0.15, -0.1) is 0 Å². The molecule has 1 aromatic rings. The molecule has 1 aliphatic heterocycles. The van der Waals surface area contributed by atoms with Crippen LogP contribution >= 0.6 is 0 Å². The van der Waals surface area contributed by atoms with Gasteiger partial charge in [0.1, 0.15) is 5.75 Å². The SMILES string of the molecule is CC(C(=O)O)C(c1ccc2c(c1)CCO2)N(C)C. The zero-order chi connectivity index (χ0) is 13.3. The number of carboxylic acids is 1. The van der Waals surface area contributed by atoms with Crippen LogP contribution in [0.2, 0.25) is 0 Å². The van der Waals surface area contributed by atoms with E-state index < -0.39 is 11.9 Å². The minimum atomic E-state index is -0.773. The zero-order valence-corrected chi connectivity index (χ0v) is 11.0. The lowest BCUT2D eigenvalue weighted by Crippen LogP contribution is -2.30. The lowest BCUT2D eigenvalue weighted by molar-refractivity contribution is -0.143. The van der Waals surface area contributed by atoms with Gasteiger partial charge in [0.15, 0.2) is 0 Å². The summed E-state index contributed by atoms with van der Waals surface area (Å²) in [4.78, 5) is 13.2. The zero-order valence-electron chi connectivity index (χ0n) is 11.0. The average molecular weight is 249 g/mol. The minimum absolute atomic E-state index is 0.117. The maximum Gasteiger partial charge on any atom is 0.308 e. The summed E-state index contributed by atoms with van der Waals surface area (Å²) in [5.41, 5.74) is 2.22. The van der Waals surface area contributed by atoms with Crippen molar-refractivity contribution >= 4 is 5.97 Å². The van der Waals surface area contributed by atoms with E-state index in [1.165, 1.54) is 5.56 Å². The van der Waals surface area contributed by atoms with E-state index in [0.29, 0.717) is 0 Å². The molecule has 0 radical (unpaired) electrons. The molecule has 2 rings (SSSR count). The second-order valence-electron chi connectivity index (χ2n) is 5.00. The van der Waals surface area contributed by atoms with Gasteiger partial charge in [-0.2, -0.15) is 0 Å². The van der Waals surface area contributed by atoms with Gasteiger partial charge in [-0.25, -0.2) is 0 Å². The van der Waals surface area contributed by atoms with Gasteiger partial charge in [-0.05, 0) is 31.3 Å². The summed E-state index contributed by atoms with van der Waals surface area (Å²) in [6, 6.07) is 5.87. The van der Waals surface area contributed by atoms with E-state index in [1.54, 1.807) is 6.92 Å². The highest BCUT2D eigenvalue weighted by molar-refractivity contribution is 5.70. The standard InChI is InChI=1S/C14H19NO3/c1-9(14(16)17)13(15(2)3)11-4-5-12-10(8-11)6-7-18-12/h4-5,8-9,13H,6-7H2,1-3H3,(H,16,17). The van der Waals surface area contributed by atoms with Crippen molar-refractivity contribution in [3.63, 3.8) is 0 Å². The van der Waals surface area contributed by atoms with Crippen molar-refractivity contribution in [1.29, 1.82) is 0 Å². The van der Waals surface area contributed by atoms with E-state index in [9.17, 15) is 9.90 Å². The van der Waals surface area contributed by atoms with E-state index in [-0.39, 0.29) is 6.04 Å². The third-order valence-electron chi connectivity index (χ3n) is 3.47. The molecular weight excluding hydrogens is 230 g/mol. The summed E-state index contributed by atoms with van der Waals surface area (Å²) in [6.45, 7) is 2.47. The highest BCUT2D eigenvalue weighted by atomic mass is 16.5. The van der Waals surface area contributed by atoms with E-state index in [0.717, 1.165) is 24.3 Å². The van der Waals surface area contributed by atoms with Crippen molar-refractivity contribution in [1.82, 2.24) is 4.90 Å². The van der Waals surface area contributed by atoms with Crippen molar-refractivity contribution in [2.75, 3.05) is 20.7 Å². The Morgan fingerprint density at radius 1 is 1.44 bits per heavy atom. The summed E-state index contributed by atoms with van der Waals surface area (Å²) in [6.07, 6.45) is 0.908. The molecule has 1 aromatic carbocycles. The van der Waals surface area contributed by atoms with E-state index in [2.05, 4.69) is 6.07 Å². The molecule has 0 saturated carbocycles. The predicted molar refractivity (Wildman–Crippen MR) is 68.9 cm³/mol. The van der Waals surface area contributed by atoms with Crippen LogP contribution in [0.25, 0.3) is 0 Å². The molecule has 0 aliphatic carbocycles. The molecule has 1 heterocycles. The lowest BCUT2D eigenvalue weighted by atomic mass is 9.92. The van der Waals surface area contributed by atoms with Crippen LogP contribution < -0.4 is 4.74 Å². The molecule has 0 saturated heterocycles. The van der Waals surface area contributed by atoms with Crippen LogP contribution in [-0.4, -0.2) is 36.7 Å². The summed E-state index contributed by atoms with van der Waals surface area (Å²) >= 11 is 0. The second kappa shape index (κ2) is 4.98. The van der Waals surface area contributed by atoms with Crippen LogP contribution in [0.5, 0.6) is 5.75 Å². The van der Waals surface area contributed by atoms with Gasteiger partial charge in [0, 0.05) is 12.5 Å². The first-order valence-electron chi connectivity index (χ1n) is 6.15. The van der Waals surface area contributed by atoms with E-state index >= 15 is 0 Å². The molecule has 0 fully saturated rings. The highest BCUT2D eigenvalue weighted by Crippen LogP contribution is 2.32. The Morgan fingerprint density at radius 3 is 2.78 bits per heavy atom. The first-order chi connectivity index (χ1) is 8.50. The number of hydrogen-bond acceptors (Lipinski definition) is 3. The monoisotopic (exact) mass is 249 g/mol. The second-order valence-corrected chi connectivity index (χ2v) is 5.00. The Labute approximate surface area is 107 Å². The number of rotatable bonds is 4. The molecule has 1 aliphatic rings. The molecule has 0 amide bonds. The fraction of sp³-hybridized carbons (Fsp3) is 0.500. The smallest absolute Gasteiger partial charge is 0.308 e. The van der Waals surface area contributed by atoms with E-state index in [1.807, 2.05) is 31.1 Å². The average Bonchev–Trinajstić information content (AvgIpc) is 2.75. The van der Waals surface area contributed by atoms with Gasteiger partial charge in [-0.1, -0.05) is 19.1 Å². The van der Waals surface area contributed by atoms with Crippen LogP contribution in [0.1, 0.15) is 24.1 Å². The summed E-state index contributed by atoms with van der Waals surface area (Å²) in [5, 5.41) is 9.20. The summed E-state index contributed by atoms with van der Waals surface area (Å²) in [7, 11) is 3.82. The normalized spacial score (nSPS) is 17.1. The van der Waals surface area contributed by atoms with Crippen LogP contribution in [0.4, 0.5) is 0 Å². The number of nitrogens with zero attached hydrogens (tertiary/aromatic N) is 1. The predicted octanol–water partition coefficient (Wildman–Crippen LogP) is 1.94. The fourth-order valence-electron chi connectivity index (χ4n) is 2.56. The number of benzene rings is 1. The summed E-state index contributed by atoms with van der Waals surface area (Å²) < 4.78 is 5.47. The minimum Gasteiger partial charge on any atom is -0.493 e. The first kappa shape index (κ1) is 12.9. The van der Waals surface area contributed by atoms with Gasteiger partial charge in [0.25, 0.3) is 0 Å². The molecule has 0 aromatic heterocycles. The Kier molecular flexibility index (Phi) is 3.57. The van der Waals surface area contributed by atoms with Crippen LogP contribution in [-0.2, 0) is 11.2 Å². The van der Waals surface area contributed by atoms with Crippen molar-refractivity contribution in [2.45, 2.75) is 19.4 Å². The molecule has 98 valence electrons. The third kappa shape index (κ3) is 2.34. The Balaban J connectivity index is 2.34. The third-order valence-corrected chi connectivity index (χ3v) is 3.47. The van der Waals surface area contributed by atoms with Crippen molar-refractivity contribution in [3.8, 4) is 5.75 Å². The molecule has 4 nitrogen and oxygen atoms in total. The number of aliphatic carboxylic acids is 1. The maximum absolute atomic E-state index is 11.2. The Bertz CT molecular complexity index is 456. The Hall–Kier alpha value is -1.55. The van der Waals surface area contributed by atoms with Gasteiger partial charge in [-0.3, -0.25) is 4.79 Å². The van der Waals surface area contributed by atoms with Crippen LogP contribution in [0.15, 0.2) is 18.2 Å². The maximum atomic E-state index is 11.2.